The van der Waals surface area contributed by atoms with Crippen molar-refractivity contribution in [2.24, 2.45) is 0 Å². The van der Waals surface area contributed by atoms with Crippen molar-refractivity contribution >= 4 is 34.9 Å². The summed E-state index contributed by atoms with van der Waals surface area (Å²) < 4.78 is 5.04. The van der Waals surface area contributed by atoms with E-state index in [9.17, 15) is 19.7 Å². The van der Waals surface area contributed by atoms with Gasteiger partial charge in [0.2, 0.25) is 0 Å². The van der Waals surface area contributed by atoms with Crippen molar-refractivity contribution in [3.05, 3.63) is 68.7 Å². The molecule has 1 aliphatic heterocycles. The van der Waals surface area contributed by atoms with E-state index in [1.807, 2.05) is 24.3 Å². The van der Waals surface area contributed by atoms with E-state index in [0.717, 1.165) is 30.2 Å². The van der Waals surface area contributed by atoms with Crippen LogP contribution < -0.4 is 4.90 Å². The fourth-order valence-corrected chi connectivity index (χ4v) is 3.05. The maximum absolute atomic E-state index is 12.5. The number of benzene rings is 2. The molecule has 0 aliphatic carbocycles. The molecule has 7 nitrogen and oxygen atoms in total. The van der Waals surface area contributed by atoms with Crippen molar-refractivity contribution in [2.75, 3.05) is 18.1 Å². The normalized spacial score (nSPS) is 13.0. The number of aryl methyl sites for hydroxylation is 1. The molecule has 0 N–H and O–H groups in total. The molecule has 0 bridgehead atoms. The Balaban J connectivity index is 1.70. The van der Waals surface area contributed by atoms with Crippen LogP contribution >= 0.6 is 11.6 Å². The van der Waals surface area contributed by atoms with E-state index < -0.39 is 17.5 Å². The lowest BCUT2D eigenvalue weighted by molar-refractivity contribution is -0.384. The monoisotopic (exact) mass is 374 g/mol. The molecule has 1 amide bonds. The van der Waals surface area contributed by atoms with Crippen LogP contribution in [0.1, 0.15) is 22.3 Å². The Kier molecular flexibility index (Phi) is 5.18. The second-order valence-corrected chi connectivity index (χ2v) is 6.18. The van der Waals surface area contributed by atoms with E-state index in [2.05, 4.69) is 0 Å². The fourth-order valence-electron chi connectivity index (χ4n) is 2.86. The van der Waals surface area contributed by atoms with Gasteiger partial charge < -0.3 is 9.64 Å². The molecule has 0 saturated carbocycles. The summed E-state index contributed by atoms with van der Waals surface area (Å²) in [6, 6.07) is 11.0. The number of esters is 1. The Morgan fingerprint density at radius 2 is 2.00 bits per heavy atom. The number of halogens is 1. The van der Waals surface area contributed by atoms with E-state index in [4.69, 9.17) is 16.3 Å². The number of anilines is 1. The van der Waals surface area contributed by atoms with Crippen molar-refractivity contribution in [1.82, 2.24) is 0 Å². The van der Waals surface area contributed by atoms with Crippen molar-refractivity contribution in [1.29, 1.82) is 0 Å². The van der Waals surface area contributed by atoms with Crippen LogP contribution in [0.4, 0.5) is 11.4 Å². The zero-order chi connectivity index (χ0) is 18.7. The molecule has 26 heavy (non-hydrogen) atoms. The van der Waals surface area contributed by atoms with Crippen molar-refractivity contribution in [3.63, 3.8) is 0 Å². The number of carbonyl (C=O) groups excluding carboxylic acids is 2. The van der Waals surface area contributed by atoms with E-state index in [1.165, 1.54) is 12.1 Å². The number of carbonyl (C=O) groups is 2. The quantitative estimate of drug-likeness (QED) is 0.465. The van der Waals surface area contributed by atoms with Crippen LogP contribution in [-0.4, -0.2) is 30.0 Å². The Bertz CT molecular complexity index is 884. The highest BCUT2D eigenvalue weighted by atomic mass is 35.5. The summed E-state index contributed by atoms with van der Waals surface area (Å²) in [6.45, 7) is 0.0805. The molecule has 3 rings (SSSR count). The van der Waals surface area contributed by atoms with E-state index in [1.54, 1.807) is 4.90 Å². The summed E-state index contributed by atoms with van der Waals surface area (Å²) in [6.07, 6.45) is 1.72. The molecule has 1 heterocycles. The maximum atomic E-state index is 12.5. The first kappa shape index (κ1) is 17.9. The molecule has 0 radical (unpaired) electrons. The molecule has 2 aromatic rings. The number of para-hydroxylation sites is 1. The molecule has 1 aliphatic rings. The number of nitrogens with zero attached hydrogens (tertiary/aromatic N) is 2. The molecule has 0 unspecified atom stereocenters. The molecular weight excluding hydrogens is 360 g/mol. The molecule has 8 heteroatoms. The number of rotatable bonds is 4. The number of amides is 1. The number of fused-ring (bicyclic) bond motifs is 1. The van der Waals surface area contributed by atoms with Crippen LogP contribution in [0.2, 0.25) is 5.02 Å². The van der Waals surface area contributed by atoms with Crippen LogP contribution in [0.3, 0.4) is 0 Å². The van der Waals surface area contributed by atoms with Crippen molar-refractivity contribution in [3.8, 4) is 0 Å². The largest absolute Gasteiger partial charge is 0.452 e. The number of nitro groups is 1. The summed E-state index contributed by atoms with van der Waals surface area (Å²) >= 11 is 5.91. The Morgan fingerprint density at radius 3 is 2.77 bits per heavy atom. The lowest BCUT2D eigenvalue weighted by Crippen LogP contribution is -2.38. The van der Waals surface area contributed by atoms with Crippen LogP contribution in [0.5, 0.6) is 0 Å². The van der Waals surface area contributed by atoms with Crippen LogP contribution in [0, 0.1) is 10.1 Å². The molecule has 0 aromatic heterocycles. The van der Waals surface area contributed by atoms with Gasteiger partial charge in [-0.15, -0.1) is 0 Å². The van der Waals surface area contributed by atoms with Gasteiger partial charge >= 0.3 is 5.97 Å². The zero-order valence-corrected chi connectivity index (χ0v) is 14.4. The second kappa shape index (κ2) is 7.53. The minimum Gasteiger partial charge on any atom is -0.452 e. The third-order valence-corrected chi connectivity index (χ3v) is 4.45. The van der Waals surface area contributed by atoms with Gasteiger partial charge in [-0.05, 0) is 30.5 Å². The first-order chi connectivity index (χ1) is 12.5. The maximum Gasteiger partial charge on any atom is 0.340 e. The summed E-state index contributed by atoms with van der Waals surface area (Å²) in [4.78, 5) is 36.4. The standard InChI is InChI=1S/C18H15ClN2O5/c19-15-8-7-13(21(24)25)10-14(15)18(23)26-11-17(22)20-9-3-5-12-4-1-2-6-16(12)20/h1-2,4,6-8,10H,3,5,9,11H2. The van der Waals surface area contributed by atoms with Gasteiger partial charge in [0.1, 0.15) is 0 Å². The van der Waals surface area contributed by atoms with Gasteiger partial charge in [-0.2, -0.15) is 0 Å². The van der Waals surface area contributed by atoms with Gasteiger partial charge in [0.15, 0.2) is 6.61 Å². The highest BCUT2D eigenvalue weighted by Gasteiger charge is 2.24. The molecule has 0 fully saturated rings. The topological polar surface area (TPSA) is 89.8 Å². The fraction of sp³-hybridized carbons (Fsp3) is 0.222. The lowest BCUT2D eigenvalue weighted by atomic mass is 10.0. The summed E-state index contributed by atoms with van der Waals surface area (Å²) in [5.41, 5.74) is 1.46. The van der Waals surface area contributed by atoms with Crippen LogP contribution in [0.15, 0.2) is 42.5 Å². The lowest BCUT2D eigenvalue weighted by Gasteiger charge is -2.29. The predicted molar refractivity (Wildman–Crippen MR) is 95.5 cm³/mol. The third kappa shape index (κ3) is 3.67. The van der Waals surface area contributed by atoms with Crippen LogP contribution in [-0.2, 0) is 16.0 Å². The predicted octanol–water partition coefficient (Wildman–Crippen LogP) is 3.38. The highest BCUT2D eigenvalue weighted by Crippen LogP contribution is 2.27. The molecule has 0 spiro atoms. The minimum absolute atomic E-state index is 0.0244. The third-order valence-electron chi connectivity index (χ3n) is 4.12. The summed E-state index contributed by atoms with van der Waals surface area (Å²) in [5.74, 6) is -1.23. The number of hydrogen-bond donors (Lipinski definition) is 0. The van der Waals surface area contributed by atoms with E-state index in [0.29, 0.717) is 6.54 Å². The first-order valence-electron chi connectivity index (χ1n) is 7.96. The van der Waals surface area contributed by atoms with Crippen LogP contribution in [0.25, 0.3) is 0 Å². The van der Waals surface area contributed by atoms with Crippen molar-refractivity contribution in [2.45, 2.75) is 12.8 Å². The van der Waals surface area contributed by atoms with Gasteiger partial charge in [-0.3, -0.25) is 14.9 Å². The minimum atomic E-state index is -0.877. The number of ether oxygens (including phenoxy) is 1. The Labute approximate surface area is 154 Å². The van der Waals surface area contributed by atoms with Gasteiger partial charge in [0.05, 0.1) is 15.5 Å². The van der Waals surface area contributed by atoms with Gasteiger partial charge in [-0.1, -0.05) is 29.8 Å². The first-order valence-corrected chi connectivity index (χ1v) is 8.34. The highest BCUT2D eigenvalue weighted by molar-refractivity contribution is 6.33. The molecular formula is C18H15ClN2O5. The Morgan fingerprint density at radius 1 is 1.23 bits per heavy atom. The molecule has 0 atom stereocenters. The smallest absolute Gasteiger partial charge is 0.340 e. The number of non-ortho nitro benzene ring substituents is 1. The number of hydrogen-bond acceptors (Lipinski definition) is 5. The Hall–Kier alpha value is -2.93. The average Bonchev–Trinajstić information content (AvgIpc) is 2.65. The summed E-state index contributed by atoms with van der Waals surface area (Å²) in [5, 5.41) is 10.9. The number of nitro benzene ring substituents is 1. The average molecular weight is 375 g/mol. The van der Waals surface area contributed by atoms with Crippen molar-refractivity contribution < 1.29 is 19.2 Å². The van der Waals surface area contributed by atoms with E-state index in [-0.39, 0.29) is 22.2 Å². The summed E-state index contributed by atoms with van der Waals surface area (Å²) in [7, 11) is 0. The van der Waals surface area contributed by atoms with E-state index >= 15 is 0 Å². The van der Waals surface area contributed by atoms with Gasteiger partial charge in [-0.25, -0.2) is 4.79 Å². The molecule has 2 aromatic carbocycles. The molecule has 134 valence electrons. The zero-order valence-electron chi connectivity index (χ0n) is 13.7. The molecule has 0 saturated heterocycles. The second-order valence-electron chi connectivity index (χ2n) is 5.78. The SMILES string of the molecule is O=C(OCC(=O)N1CCCc2ccccc21)c1cc([N+](=O)[O-])ccc1Cl. The van der Waals surface area contributed by atoms with Gasteiger partial charge in [0.25, 0.3) is 11.6 Å². The van der Waals surface area contributed by atoms with Gasteiger partial charge in [0, 0.05) is 24.4 Å².